The third-order valence-electron chi connectivity index (χ3n) is 3.29. The Morgan fingerprint density at radius 3 is 2.31 bits per heavy atom. The van der Waals surface area contributed by atoms with Crippen molar-refractivity contribution in [2.45, 2.75) is 19.8 Å². The van der Waals surface area contributed by atoms with E-state index in [1.54, 1.807) is 0 Å². The molecule has 1 aromatic rings. The molecule has 0 N–H and O–H groups in total. The summed E-state index contributed by atoms with van der Waals surface area (Å²) in [4.78, 5) is 2.37. The molecule has 1 aromatic carbocycles. The molecule has 1 aliphatic heterocycles. The Morgan fingerprint density at radius 2 is 1.75 bits per heavy atom. The van der Waals surface area contributed by atoms with Gasteiger partial charge >= 0.3 is 0 Å². The van der Waals surface area contributed by atoms with Crippen LogP contribution in [0.5, 0.6) is 0 Å². The zero-order valence-electron chi connectivity index (χ0n) is 10.2. The minimum atomic E-state index is 1.13. The molecule has 86 valence electrons. The van der Waals surface area contributed by atoms with Gasteiger partial charge in [-0.1, -0.05) is 17.7 Å². The largest absolute Gasteiger partial charge is 0.334 e. The predicted octanol–water partition coefficient (Wildman–Crippen LogP) is 2.60. The molecule has 1 fully saturated rings. The highest BCUT2D eigenvalue weighted by atomic mass is 15.1. The fourth-order valence-corrected chi connectivity index (χ4v) is 2.05. The summed E-state index contributed by atoms with van der Waals surface area (Å²) in [6.07, 6.45) is 2.27. The molecule has 1 heterocycles. The molecule has 0 aliphatic carbocycles. The van der Waals surface area contributed by atoms with Crippen LogP contribution in [0.3, 0.4) is 0 Å². The van der Waals surface area contributed by atoms with E-state index in [-0.39, 0.29) is 0 Å². The topological polar surface area (TPSA) is 6.25 Å². The number of piperidine rings is 1. The van der Waals surface area contributed by atoms with E-state index in [1.807, 2.05) is 0 Å². The first-order chi connectivity index (χ1) is 7.66. The second-order valence-corrected chi connectivity index (χ2v) is 4.63. The Morgan fingerprint density at radius 1 is 1.19 bits per heavy atom. The Kier molecular flexibility index (Phi) is 3.30. The van der Waals surface area contributed by atoms with Crippen molar-refractivity contribution in [1.29, 1.82) is 0 Å². The number of rotatable bonds is 2. The Labute approximate surface area is 98.2 Å². The molecule has 0 spiro atoms. The Balaban J connectivity index is 2.05. The second-order valence-electron chi connectivity index (χ2n) is 4.63. The highest BCUT2D eigenvalue weighted by Gasteiger charge is 2.19. The molecule has 2 nitrogen and oxygen atoms in total. The first-order valence-corrected chi connectivity index (χ1v) is 5.87. The summed E-state index contributed by atoms with van der Waals surface area (Å²) in [6.45, 7) is 8.57. The summed E-state index contributed by atoms with van der Waals surface area (Å²) in [5.74, 6) is 0. The standard InChI is InChI=1S/C14H20N2/c1-12-4-6-13(7-5-12)16(3)14-8-10-15(2)11-9-14/h4-7H,3,8-11H2,1-2H3. The van der Waals surface area contributed by atoms with Crippen molar-refractivity contribution in [1.82, 2.24) is 4.90 Å². The lowest BCUT2D eigenvalue weighted by Crippen LogP contribution is -2.32. The van der Waals surface area contributed by atoms with Crippen LogP contribution in [-0.4, -0.2) is 36.3 Å². The smallest absolute Gasteiger partial charge is 0.104 e. The molecule has 1 aliphatic rings. The van der Waals surface area contributed by atoms with Crippen molar-refractivity contribution in [3.05, 3.63) is 35.9 Å². The van der Waals surface area contributed by atoms with Gasteiger partial charge in [0.15, 0.2) is 0 Å². The van der Waals surface area contributed by atoms with Gasteiger partial charge in [-0.3, -0.25) is 0 Å². The van der Waals surface area contributed by atoms with Crippen LogP contribution in [0.25, 0.3) is 0 Å². The van der Waals surface area contributed by atoms with Crippen LogP contribution in [-0.2, 0) is 0 Å². The number of hydrogen-bond donors (Lipinski definition) is 0. The van der Waals surface area contributed by atoms with Crippen molar-refractivity contribution in [3.8, 4) is 0 Å². The van der Waals surface area contributed by atoms with Gasteiger partial charge in [0.2, 0.25) is 0 Å². The van der Waals surface area contributed by atoms with Gasteiger partial charge in [0.25, 0.3) is 0 Å². The van der Waals surface area contributed by atoms with Crippen LogP contribution in [0.1, 0.15) is 18.4 Å². The van der Waals surface area contributed by atoms with Crippen molar-refractivity contribution in [2.75, 3.05) is 20.1 Å². The number of aryl methyl sites for hydroxylation is 1. The molecule has 0 amide bonds. The molecule has 0 atom stereocenters. The first kappa shape index (κ1) is 11.2. The monoisotopic (exact) mass is 216 g/mol. The van der Waals surface area contributed by atoms with Gasteiger partial charge in [-0.05, 0) is 52.0 Å². The van der Waals surface area contributed by atoms with Gasteiger partial charge < -0.3 is 9.48 Å². The molecule has 0 saturated carbocycles. The van der Waals surface area contributed by atoms with Gasteiger partial charge in [-0.15, -0.1) is 0 Å². The van der Waals surface area contributed by atoms with Gasteiger partial charge in [0.1, 0.15) is 5.69 Å². The summed E-state index contributed by atoms with van der Waals surface area (Å²) in [7, 11) is 2.18. The lowest BCUT2D eigenvalue weighted by molar-refractivity contribution is -0.424. The van der Waals surface area contributed by atoms with E-state index in [2.05, 4.69) is 54.4 Å². The predicted molar refractivity (Wildman–Crippen MR) is 68.2 cm³/mol. The van der Waals surface area contributed by atoms with Crippen molar-refractivity contribution in [3.63, 3.8) is 0 Å². The number of hydrogen-bond acceptors (Lipinski definition) is 1. The van der Waals surface area contributed by atoms with Crippen LogP contribution in [0.2, 0.25) is 0 Å². The maximum atomic E-state index is 4.16. The van der Waals surface area contributed by atoms with Crippen molar-refractivity contribution in [2.24, 2.45) is 0 Å². The molecular weight excluding hydrogens is 196 g/mol. The Hall–Kier alpha value is -1.28. The van der Waals surface area contributed by atoms with E-state index in [9.17, 15) is 0 Å². The Bertz CT molecular complexity index is 359. The minimum absolute atomic E-state index is 1.13. The lowest BCUT2D eigenvalue weighted by atomic mass is 10.0. The number of likely N-dealkylation sites (tertiary alicyclic amines) is 1. The van der Waals surface area contributed by atoms with E-state index in [1.165, 1.54) is 17.3 Å². The molecule has 0 bridgehead atoms. The van der Waals surface area contributed by atoms with E-state index in [0.717, 1.165) is 25.9 Å². The van der Waals surface area contributed by atoms with E-state index in [4.69, 9.17) is 0 Å². The van der Waals surface area contributed by atoms with Crippen molar-refractivity contribution >= 4 is 12.4 Å². The third kappa shape index (κ3) is 2.45. The average molecular weight is 216 g/mol. The van der Waals surface area contributed by atoms with E-state index < -0.39 is 0 Å². The maximum absolute atomic E-state index is 4.16. The van der Waals surface area contributed by atoms with Crippen LogP contribution >= 0.6 is 0 Å². The number of nitrogens with zero attached hydrogens (tertiary/aromatic N) is 2. The fourth-order valence-electron chi connectivity index (χ4n) is 2.05. The van der Waals surface area contributed by atoms with Crippen molar-refractivity contribution < 1.29 is 4.58 Å². The molecule has 16 heavy (non-hydrogen) atoms. The van der Waals surface area contributed by atoms with Gasteiger partial charge in [0, 0.05) is 6.72 Å². The van der Waals surface area contributed by atoms with Crippen LogP contribution in [0.4, 0.5) is 5.69 Å². The highest BCUT2D eigenvalue weighted by Crippen LogP contribution is 2.25. The average Bonchev–Trinajstić information content (AvgIpc) is 2.30. The fraction of sp³-hybridized carbons (Fsp3) is 0.429. The zero-order chi connectivity index (χ0) is 11.5. The maximum Gasteiger partial charge on any atom is 0.104 e. The molecule has 0 radical (unpaired) electrons. The van der Waals surface area contributed by atoms with E-state index >= 15 is 0 Å². The molecule has 2 heteroatoms. The summed E-state index contributed by atoms with van der Waals surface area (Å²) in [6, 6.07) is 10.0. The molecular formula is C14H20N2. The normalized spacial score (nSPS) is 17.5. The summed E-state index contributed by atoms with van der Waals surface area (Å²) in [5.41, 5.74) is 2.50. The van der Waals surface area contributed by atoms with Crippen LogP contribution in [0, 0.1) is 13.0 Å². The molecule has 0 aromatic heterocycles. The highest BCUT2D eigenvalue weighted by molar-refractivity contribution is 5.36. The minimum Gasteiger partial charge on any atom is -0.334 e. The van der Waals surface area contributed by atoms with Gasteiger partial charge in [-0.2, -0.15) is 0 Å². The lowest BCUT2D eigenvalue weighted by Gasteiger charge is -2.31. The number of benzene rings is 1. The molecule has 0 unspecified atom stereocenters. The van der Waals surface area contributed by atoms with Crippen LogP contribution < -0.4 is 0 Å². The molecule has 1 saturated heterocycles. The van der Waals surface area contributed by atoms with Gasteiger partial charge in [0.05, 0.1) is 6.04 Å². The third-order valence-corrected chi connectivity index (χ3v) is 3.29. The van der Waals surface area contributed by atoms with Crippen LogP contribution in [0.15, 0.2) is 24.3 Å². The zero-order valence-corrected chi connectivity index (χ0v) is 10.2. The SMILES string of the molecule is C=[N+](c1ccc(C)cc1)[C-]1CCN(C)CC1. The van der Waals surface area contributed by atoms with E-state index in [0.29, 0.717) is 0 Å². The summed E-state index contributed by atoms with van der Waals surface area (Å²) in [5, 5.41) is 0. The van der Waals surface area contributed by atoms with Gasteiger partial charge in [-0.25, -0.2) is 0 Å². The second kappa shape index (κ2) is 4.71. The first-order valence-electron chi connectivity index (χ1n) is 5.87. The summed E-state index contributed by atoms with van der Waals surface area (Å²) >= 11 is 0. The summed E-state index contributed by atoms with van der Waals surface area (Å²) < 4.78 is 2.10. The molecule has 2 rings (SSSR count). The quantitative estimate of drug-likeness (QED) is 0.418.